The number of nitrogens with zero attached hydrogens (tertiary/aromatic N) is 1. The van der Waals surface area contributed by atoms with Crippen molar-refractivity contribution < 1.29 is 4.79 Å². The first kappa shape index (κ1) is 15.3. The maximum atomic E-state index is 12.4. The van der Waals surface area contributed by atoms with E-state index in [0.29, 0.717) is 17.9 Å². The van der Waals surface area contributed by atoms with Gasteiger partial charge in [-0.2, -0.15) is 0 Å². The topological polar surface area (TPSA) is 32.3 Å². The molecule has 4 rings (SSSR count). The average molecular weight is 320 g/mol. The quantitative estimate of drug-likeness (QED) is 0.895. The number of hydrogen-bond acceptors (Lipinski definition) is 2. The third-order valence-electron chi connectivity index (χ3n) is 5.43. The highest BCUT2D eigenvalue weighted by molar-refractivity contribution is 5.94. The maximum Gasteiger partial charge on any atom is 0.224 e. The van der Waals surface area contributed by atoms with Crippen molar-refractivity contribution in [3.8, 4) is 0 Å². The Kier molecular flexibility index (Phi) is 3.79. The number of fused-ring (bicyclic) bond motifs is 1. The molecule has 0 radical (unpaired) electrons. The summed E-state index contributed by atoms with van der Waals surface area (Å²) in [5.41, 5.74) is 3.43. The second-order valence-corrected chi connectivity index (χ2v) is 7.12. The zero-order chi connectivity index (χ0) is 16.7. The summed E-state index contributed by atoms with van der Waals surface area (Å²) >= 11 is 0. The minimum absolute atomic E-state index is 0.157. The van der Waals surface area contributed by atoms with Crippen molar-refractivity contribution in [1.82, 2.24) is 0 Å². The predicted molar refractivity (Wildman–Crippen MR) is 98.1 cm³/mol. The molecule has 1 N–H and O–H groups in total. The van der Waals surface area contributed by atoms with E-state index in [9.17, 15) is 4.79 Å². The van der Waals surface area contributed by atoms with Crippen LogP contribution in [0, 0.1) is 11.8 Å². The van der Waals surface area contributed by atoms with Gasteiger partial charge in [0.25, 0.3) is 0 Å². The SMILES string of the molecule is CC(=O)N1c2ccccc2C(Nc2ccccc2)C(C)C1C1CC1. The van der Waals surface area contributed by atoms with Crippen LogP contribution in [0.3, 0.4) is 0 Å². The van der Waals surface area contributed by atoms with Gasteiger partial charge in [0, 0.05) is 30.3 Å². The lowest BCUT2D eigenvalue weighted by molar-refractivity contribution is -0.117. The molecule has 3 atom stereocenters. The molecular formula is C21H24N2O. The number of anilines is 2. The van der Waals surface area contributed by atoms with Gasteiger partial charge in [-0.05, 0) is 42.5 Å². The summed E-state index contributed by atoms with van der Waals surface area (Å²) in [7, 11) is 0. The lowest BCUT2D eigenvalue weighted by atomic mass is 9.80. The van der Waals surface area contributed by atoms with E-state index in [-0.39, 0.29) is 11.9 Å². The van der Waals surface area contributed by atoms with Crippen LogP contribution in [0.1, 0.15) is 38.3 Å². The van der Waals surface area contributed by atoms with Crippen LogP contribution < -0.4 is 10.2 Å². The number of hydrogen-bond donors (Lipinski definition) is 1. The molecule has 2 aromatic rings. The van der Waals surface area contributed by atoms with Crippen LogP contribution in [-0.2, 0) is 4.79 Å². The van der Waals surface area contributed by atoms with Gasteiger partial charge in [-0.15, -0.1) is 0 Å². The Morgan fingerprint density at radius 2 is 1.71 bits per heavy atom. The van der Waals surface area contributed by atoms with Gasteiger partial charge in [0.15, 0.2) is 0 Å². The molecule has 1 heterocycles. The predicted octanol–water partition coefficient (Wildman–Crippen LogP) is 4.62. The zero-order valence-electron chi connectivity index (χ0n) is 14.3. The first-order valence-corrected chi connectivity index (χ1v) is 8.87. The molecule has 2 aliphatic rings. The second-order valence-electron chi connectivity index (χ2n) is 7.12. The number of rotatable bonds is 3. The summed E-state index contributed by atoms with van der Waals surface area (Å²) < 4.78 is 0. The number of carbonyl (C=O) groups is 1. The highest BCUT2D eigenvalue weighted by Crippen LogP contribution is 2.49. The summed E-state index contributed by atoms with van der Waals surface area (Å²) in [5.74, 6) is 1.16. The second kappa shape index (κ2) is 5.97. The number of para-hydroxylation sites is 2. The molecule has 0 spiro atoms. The van der Waals surface area contributed by atoms with Crippen molar-refractivity contribution in [3.63, 3.8) is 0 Å². The van der Waals surface area contributed by atoms with Gasteiger partial charge in [-0.25, -0.2) is 0 Å². The molecule has 0 bridgehead atoms. The third kappa shape index (κ3) is 2.58. The van der Waals surface area contributed by atoms with Crippen LogP contribution in [0.2, 0.25) is 0 Å². The van der Waals surface area contributed by atoms with Crippen LogP contribution in [-0.4, -0.2) is 11.9 Å². The molecule has 0 aromatic heterocycles. The monoisotopic (exact) mass is 320 g/mol. The molecule has 2 aromatic carbocycles. The zero-order valence-corrected chi connectivity index (χ0v) is 14.3. The molecule has 3 unspecified atom stereocenters. The van der Waals surface area contributed by atoms with Gasteiger partial charge >= 0.3 is 0 Å². The van der Waals surface area contributed by atoms with Gasteiger partial charge in [-0.1, -0.05) is 43.3 Å². The molecular weight excluding hydrogens is 296 g/mol. The third-order valence-corrected chi connectivity index (χ3v) is 5.43. The number of amides is 1. The lowest BCUT2D eigenvalue weighted by Crippen LogP contribution is -2.51. The normalized spacial score (nSPS) is 25.9. The number of benzene rings is 2. The smallest absolute Gasteiger partial charge is 0.224 e. The first-order valence-electron chi connectivity index (χ1n) is 8.87. The summed E-state index contributed by atoms with van der Waals surface area (Å²) in [5, 5.41) is 3.72. The Balaban J connectivity index is 1.78. The van der Waals surface area contributed by atoms with E-state index in [1.807, 2.05) is 12.1 Å². The van der Waals surface area contributed by atoms with E-state index in [0.717, 1.165) is 11.4 Å². The molecule has 1 amide bonds. The molecule has 3 nitrogen and oxygen atoms in total. The first-order chi connectivity index (χ1) is 11.7. The Hall–Kier alpha value is -2.29. The minimum Gasteiger partial charge on any atom is -0.378 e. The number of carbonyl (C=O) groups excluding carboxylic acids is 1. The molecule has 0 saturated heterocycles. The standard InChI is InChI=1S/C21H24N2O/c1-14-20(22-17-8-4-3-5-9-17)18-10-6-7-11-19(18)23(15(2)24)21(14)16-12-13-16/h3-11,14,16,20-22H,12-13H2,1-2H3. The molecule has 24 heavy (non-hydrogen) atoms. The fourth-order valence-electron chi connectivity index (χ4n) is 4.23. The molecule has 124 valence electrons. The van der Waals surface area contributed by atoms with Crippen molar-refractivity contribution in [2.75, 3.05) is 10.2 Å². The molecule has 1 saturated carbocycles. The highest BCUT2D eigenvalue weighted by atomic mass is 16.2. The van der Waals surface area contributed by atoms with E-state index in [1.165, 1.54) is 18.4 Å². The van der Waals surface area contributed by atoms with Crippen LogP contribution >= 0.6 is 0 Å². The lowest BCUT2D eigenvalue weighted by Gasteiger charge is -2.46. The van der Waals surface area contributed by atoms with Crippen molar-refractivity contribution >= 4 is 17.3 Å². The van der Waals surface area contributed by atoms with Gasteiger partial charge < -0.3 is 10.2 Å². The van der Waals surface area contributed by atoms with Gasteiger partial charge in [0.05, 0.1) is 6.04 Å². The minimum atomic E-state index is 0.157. The van der Waals surface area contributed by atoms with Crippen LogP contribution in [0.4, 0.5) is 11.4 Å². The van der Waals surface area contributed by atoms with Crippen molar-refractivity contribution in [3.05, 3.63) is 60.2 Å². The fraction of sp³-hybridized carbons (Fsp3) is 0.381. The molecule has 1 aliphatic carbocycles. The van der Waals surface area contributed by atoms with Gasteiger partial charge in [0.1, 0.15) is 0 Å². The van der Waals surface area contributed by atoms with Crippen LogP contribution in [0.15, 0.2) is 54.6 Å². The Morgan fingerprint density at radius 3 is 2.38 bits per heavy atom. The fourth-order valence-corrected chi connectivity index (χ4v) is 4.23. The maximum absolute atomic E-state index is 12.4. The largest absolute Gasteiger partial charge is 0.378 e. The van der Waals surface area contributed by atoms with Crippen molar-refractivity contribution in [1.29, 1.82) is 0 Å². The van der Waals surface area contributed by atoms with E-state index >= 15 is 0 Å². The van der Waals surface area contributed by atoms with Crippen molar-refractivity contribution in [2.24, 2.45) is 11.8 Å². The molecule has 1 aliphatic heterocycles. The summed E-state index contributed by atoms with van der Waals surface area (Å²) in [4.78, 5) is 14.5. The van der Waals surface area contributed by atoms with E-state index < -0.39 is 0 Å². The van der Waals surface area contributed by atoms with Crippen LogP contribution in [0.5, 0.6) is 0 Å². The number of nitrogens with one attached hydrogen (secondary N) is 1. The van der Waals surface area contributed by atoms with E-state index in [2.05, 4.69) is 59.6 Å². The van der Waals surface area contributed by atoms with Gasteiger partial charge in [-0.3, -0.25) is 4.79 Å². The Labute approximate surface area is 143 Å². The average Bonchev–Trinajstić information content (AvgIpc) is 3.42. The van der Waals surface area contributed by atoms with Gasteiger partial charge in [0.2, 0.25) is 5.91 Å². The summed E-state index contributed by atoms with van der Waals surface area (Å²) in [6.45, 7) is 3.99. The van der Waals surface area contributed by atoms with Crippen molar-refractivity contribution in [2.45, 2.75) is 38.8 Å². The van der Waals surface area contributed by atoms with E-state index in [1.54, 1.807) is 6.92 Å². The van der Waals surface area contributed by atoms with Crippen LogP contribution in [0.25, 0.3) is 0 Å². The summed E-state index contributed by atoms with van der Waals surface area (Å²) in [6, 6.07) is 19.2. The highest BCUT2D eigenvalue weighted by Gasteiger charge is 2.47. The molecule has 1 fully saturated rings. The Bertz CT molecular complexity index is 739. The molecule has 3 heteroatoms. The van der Waals surface area contributed by atoms with E-state index in [4.69, 9.17) is 0 Å². The Morgan fingerprint density at radius 1 is 1.04 bits per heavy atom. The summed E-state index contributed by atoms with van der Waals surface area (Å²) in [6.07, 6.45) is 2.47.